The first-order valence-electron chi connectivity index (χ1n) is 7.39. The van der Waals surface area contributed by atoms with Gasteiger partial charge in [0.2, 0.25) is 0 Å². The summed E-state index contributed by atoms with van der Waals surface area (Å²) in [6, 6.07) is 1.45. The lowest BCUT2D eigenvalue weighted by Crippen LogP contribution is -2.52. The lowest BCUT2D eigenvalue weighted by Gasteiger charge is -2.38. The van der Waals surface area contributed by atoms with E-state index in [1.807, 2.05) is 0 Å². The summed E-state index contributed by atoms with van der Waals surface area (Å²) in [5.41, 5.74) is 0. The van der Waals surface area contributed by atoms with Crippen LogP contribution in [0.25, 0.3) is 0 Å². The van der Waals surface area contributed by atoms with E-state index in [9.17, 15) is 0 Å². The van der Waals surface area contributed by atoms with Crippen LogP contribution < -0.4 is 10.6 Å². The molecule has 3 nitrogen and oxygen atoms in total. The van der Waals surface area contributed by atoms with E-state index < -0.39 is 0 Å². The summed E-state index contributed by atoms with van der Waals surface area (Å²) in [5.74, 6) is 0.920. The summed E-state index contributed by atoms with van der Waals surface area (Å²) >= 11 is 0. The standard InChI is InChI=1S/C14H29N3/c1-15-14(12-6-4-3-5-7-12)10-13-11-16-8-9-17(13)2/h12-16H,3-11H2,1-2H3. The SMILES string of the molecule is CNC(CC1CNCCN1C)C1CCCCC1. The maximum absolute atomic E-state index is 3.59. The first-order chi connectivity index (χ1) is 8.31. The van der Waals surface area contributed by atoms with Gasteiger partial charge in [-0.15, -0.1) is 0 Å². The van der Waals surface area contributed by atoms with Gasteiger partial charge in [0.25, 0.3) is 0 Å². The molecule has 2 rings (SSSR count). The van der Waals surface area contributed by atoms with Gasteiger partial charge in [0.1, 0.15) is 0 Å². The molecule has 1 saturated carbocycles. The Balaban J connectivity index is 1.84. The third-order valence-electron chi connectivity index (χ3n) is 4.76. The van der Waals surface area contributed by atoms with Crippen molar-refractivity contribution in [2.45, 2.75) is 50.6 Å². The Labute approximate surface area is 106 Å². The second kappa shape index (κ2) is 6.72. The van der Waals surface area contributed by atoms with Crippen LogP contribution in [0.4, 0.5) is 0 Å². The van der Waals surface area contributed by atoms with Crippen molar-refractivity contribution in [3.63, 3.8) is 0 Å². The molecule has 100 valence electrons. The van der Waals surface area contributed by atoms with Crippen LogP contribution in [0.15, 0.2) is 0 Å². The zero-order chi connectivity index (χ0) is 12.1. The topological polar surface area (TPSA) is 27.3 Å². The Morgan fingerprint density at radius 3 is 2.71 bits per heavy atom. The highest BCUT2D eigenvalue weighted by Crippen LogP contribution is 2.28. The molecule has 2 unspecified atom stereocenters. The Bertz CT molecular complexity index is 214. The summed E-state index contributed by atoms with van der Waals surface area (Å²) in [5, 5.41) is 7.11. The van der Waals surface area contributed by atoms with Gasteiger partial charge in [-0.05, 0) is 39.3 Å². The normalized spacial score (nSPS) is 30.4. The lowest BCUT2D eigenvalue weighted by molar-refractivity contribution is 0.154. The highest BCUT2D eigenvalue weighted by molar-refractivity contribution is 4.86. The van der Waals surface area contributed by atoms with Crippen molar-refractivity contribution >= 4 is 0 Å². The fourth-order valence-electron chi connectivity index (χ4n) is 3.50. The summed E-state index contributed by atoms with van der Waals surface area (Å²) in [7, 11) is 4.43. The van der Waals surface area contributed by atoms with E-state index in [1.54, 1.807) is 0 Å². The predicted molar refractivity (Wildman–Crippen MR) is 73.3 cm³/mol. The highest BCUT2D eigenvalue weighted by atomic mass is 15.2. The molecule has 0 aromatic rings. The Kier molecular flexibility index (Phi) is 5.26. The highest BCUT2D eigenvalue weighted by Gasteiger charge is 2.27. The van der Waals surface area contributed by atoms with Crippen LogP contribution in [0.3, 0.4) is 0 Å². The molecule has 1 heterocycles. The van der Waals surface area contributed by atoms with Crippen molar-refractivity contribution in [2.75, 3.05) is 33.7 Å². The van der Waals surface area contributed by atoms with Crippen LogP contribution in [-0.2, 0) is 0 Å². The molecule has 1 aliphatic carbocycles. The molecule has 0 spiro atoms. The molecule has 0 amide bonds. The van der Waals surface area contributed by atoms with Crippen molar-refractivity contribution in [3.05, 3.63) is 0 Å². The van der Waals surface area contributed by atoms with E-state index in [4.69, 9.17) is 0 Å². The molecule has 2 atom stereocenters. The summed E-state index contributed by atoms with van der Waals surface area (Å²) in [4.78, 5) is 2.53. The molecule has 2 fully saturated rings. The van der Waals surface area contributed by atoms with E-state index in [0.717, 1.165) is 24.5 Å². The molecule has 1 saturated heterocycles. The smallest absolute Gasteiger partial charge is 0.0233 e. The second-order valence-corrected chi connectivity index (χ2v) is 5.87. The Morgan fingerprint density at radius 1 is 1.29 bits per heavy atom. The molecule has 0 radical (unpaired) electrons. The third kappa shape index (κ3) is 3.67. The molecule has 1 aliphatic heterocycles. The number of rotatable bonds is 4. The van der Waals surface area contributed by atoms with Gasteiger partial charge >= 0.3 is 0 Å². The van der Waals surface area contributed by atoms with Gasteiger partial charge < -0.3 is 15.5 Å². The number of hydrogen-bond donors (Lipinski definition) is 2. The number of nitrogens with zero attached hydrogens (tertiary/aromatic N) is 1. The zero-order valence-electron chi connectivity index (χ0n) is 11.5. The minimum Gasteiger partial charge on any atom is -0.317 e. The first kappa shape index (κ1) is 13.3. The van der Waals surface area contributed by atoms with Gasteiger partial charge in [-0.2, -0.15) is 0 Å². The van der Waals surface area contributed by atoms with Gasteiger partial charge in [-0.3, -0.25) is 0 Å². The van der Waals surface area contributed by atoms with Crippen molar-refractivity contribution in [1.82, 2.24) is 15.5 Å². The Morgan fingerprint density at radius 2 is 2.06 bits per heavy atom. The van der Waals surface area contributed by atoms with Gasteiger partial charge in [-0.1, -0.05) is 19.3 Å². The fraction of sp³-hybridized carbons (Fsp3) is 1.00. The second-order valence-electron chi connectivity index (χ2n) is 5.87. The lowest BCUT2D eigenvalue weighted by atomic mass is 9.81. The van der Waals surface area contributed by atoms with Crippen molar-refractivity contribution in [1.29, 1.82) is 0 Å². The van der Waals surface area contributed by atoms with Crippen LogP contribution in [0.2, 0.25) is 0 Å². The fourth-order valence-corrected chi connectivity index (χ4v) is 3.50. The van der Waals surface area contributed by atoms with E-state index in [2.05, 4.69) is 29.6 Å². The maximum Gasteiger partial charge on any atom is 0.0233 e. The molecular weight excluding hydrogens is 210 g/mol. The molecule has 0 aromatic carbocycles. The Hall–Kier alpha value is -0.120. The van der Waals surface area contributed by atoms with Gasteiger partial charge in [0.15, 0.2) is 0 Å². The zero-order valence-corrected chi connectivity index (χ0v) is 11.5. The summed E-state index contributed by atoms with van der Waals surface area (Å²) in [6.45, 7) is 3.52. The van der Waals surface area contributed by atoms with Crippen molar-refractivity contribution in [2.24, 2.45) is 5.92 Å². The maximum atomic E-state index is 3.59. The number of piperazine rings is 1. The number of likely N-dealkylation sites (N-methyl/N-ethyl adjacent to an activating group) is 1. The van der Waals surface area contributed by atoms with Gasteiger partial charge in [0.05, 0.1) is 0 Å². The van der Waals surface area contributed by atoms with Gasteiger partial charge in [-0.25, -0.2) is 0 Å². The summed E-state index contributed by atoms with van der Waals surface area (Å²) < 4.78 is 0. The average molecular weight is 239 g/mol. The third-order valence-corrected chi connectivity index (χ3v) is 4.76. The average Bonchev–Trinajstić information content (AvgIpc) is 2.39. The van der Waals surface area contributed by atoms with E-state index in [0.29, 0.717) is 0 Å². The molecule has 2 N–H and O–H groups in total. The molecule has 0 bridgehead atoms. The minimum absolute atomic E-state index is 0.725. The number of hydrogen-bond acceptors (Lipinski definition) is 3. The van der Waals surface area contributed by atoms with E-state index in [1.165, 1.54) is 51.6 Å². The minimum atomic E-state index is 0.725. The summed E-state index contributed by atoms with van der Waals surface area (Å²) in [6.07, 6.45) is 8.54. The monoisotopic (exact) mass is 239 g/mol. The molecule has 0 aromatic heterocycles. The van der Waals surface area contributed by atoms with E-state index in [-0.39, 0.29) is 0 Å². The van der Waals surface area contributed by atoms with Crippen LogP contribution in [0.5, 0.6) is 0 Å². The quantitative estimate of drug-likeness (QED) is 0.777. The van der Waals surface area contributed by atoms with Crippen LogP contribution in [-0.4, -0.2) is 50.7 Å². The van der Waals surface area contributed by atoms with Crippen LogP contribution >= 0.6 is 0 Å². The number of nitrogens with one attached hydrogen (secondary N) is 2. The molecular formula is C14H29N3. The predicted octanol–water partition coefficient (Wildman–Crippen LogP) is 1.45. The first-order valence-corrected chi connectivity index (χ1v) is 7.39. The molecule has 2 aliphatic rings. The van der Waals surface area contributed by atoms with Crippen LogP contribution in [0.1, 0.15) is 38.5 Å². The molecule has 17 heavy (non-hydrogen) atoms. The van der Waals surface area contributed by atoms with Crippen molar-refractivity contribution in [3.8, 4) is 0 Å². The van der Waals surface area contributed by atoms with Gasteiger partial charge in [0, 0.05) is 31.7 Å². The van der Waals surface area contributed by atoms with E-state index >= 15 is 0 Å². The van der Waals surface area contributed by atoms with Crippen LogP contribution in [0, 0.1) is 5.92 Å². The largest absolute Gasteiger partial charge is 0.317 e. The van der Waals surface area contributed by atoms with Crippen molar-refractivity contribution < 1.29 is 0 Å². The molecule has 3 heteroatoms.